The van der Waals surface area contributed by atoms with Crippen molar-refractivity contribution in [3.05, 3.63) is 81.4 Å². The van der Waals surface area contributed by atoms with Crippen LogP contribution >= 0.6 is 0 Å². The van der Waals surface area contributed by atoms with Gasteiger partial charge in [-0.25, -0.2) is 4.79 Å². The molecule has 4 aromatic rings. The van der Waals surface area contributed by atoms with E-state index in [1.807, 2.05) is 0 Å². The monoisotopic (exact) mass is 500 g/mol. The zero-order valence-corrected chi connectivity index (χ0v) is 22.8. The van der Waals surface area contributed by atoms with Gasteiger partial charge in [-0.2, -0.15) is 0 Å². The van der Waals surface area contributed by atoms with Gasteiger partial charge in [-0.3, -0.25) is 9.20 Å². The predicted octanol–water partition coefficient (Wildman–Crippen LogP) is 1.20. The third-order valence-corrected chi connectivity index (χ3v) is 5.25. The molecule has 2 heterocycles. The molecule has 4 rings (SSSR count). The summed E-state index contributed by atoms with van der Waals surface area (Å²) >= 11 is 0. The third kappa shape index (κ3) is 5.07. The summed E-state index contributed by atoms with van der Waals surface area (Å²) < 4.78 is 16.9. The van der Waals surface area contributed by atoms with Crippen LogP contribution in [0.15, 0.2) is 59.4 Å². The zero-order chi connectivity index (χ0) is 24.4. The Hall–Kier alpha value is -2.89. The minimum absolute atomic E-state index is 0. The van der Waals surface area contributed by atoms with Gasteiger partial charge in [0.2, 0.25) is 5.56 Å². The van der Waals surface area contributed by atoms with Gasteiger partial charge < -0.3 is 29.4 Å². The largest absolute Gasteiger partial charge is 1.00 e. The molecule has 0 saturated heterocycles. The van der Waals surface area contributed by atoms with Crippen molar-refractivity contribution >= 4 is 34.0 Å². The standard InChI is InChI=1S/C25H22N2O7.K/c1-4-34-25(31)16-12-17(26-23(29)14-8-6-5-7-9-14)24(30)27-18-13-21(33-3)20(32-2)11-15(18)10-19(27)22(16)28;/h5-13H,4H2,1-3H3,(H2,26,28,29,30,31);/q;+1/p-1. The van der Waals surface area contributed by atoms with Crippen LogP contribution in [0.4, 0.5) is 5.69 Å². The van der Waals surface area contributed by atoms with E-state index >= 15 is 0 Å². The van der Waals surface area contributed by atoms with E-state index in [4.69, 9.17) is 14.2 Å². The number of carbonyl (C=O) groups excluding carboxylic acids is 2. The average molecular weight is 501 g/mol. The first-order chi connectivity index (χ1) is 16.4. The van der Waals surface area contributed by atoms with E-state index in [0.29, 0.717) is 22.4 Å². The summed E-state index contributed by atoms with van der Waals surface area (Å²) in [5.41, 5.74) is -0.693. The van der Waals surface area contributed by atoms with Crippen molar-refractivity contribution in [3.8, 4) is 17.2 Å². The van der Waals surface area contributed by atoms with Gasteiger partial charge in [-0.1, -0.05) is 42.1 Å². The van der Waals surface area contributed by atoms with Crippen LogP contribution in [-0.4, -0.2) is 42.2 Å². The molecular formula is C25H21KN2O7. The van der Waals surface area contributed by atoms with Crippen LogP contribution in [0.2, 0.25) is 0 Å². The van der Waals surface area contributed by atoms with Crippen molar-refractivity contribution in [3.63, 3.8) is 0 Å². The van der Waals surface area contributed by atoms with Gasteiger partial charge in [0, 0.05) is 11.5 Å². The van der Waals surface area contributed by atoms with Crippen molar-refractivity contribution in [1.29, 1.82) is 0 Å². The Morgan fingerprint density at radius 3 is 2.26 bits per heavy atom. The molecule has 0 fully saturated rings. The molecule has 0 spiro atoms. The Morgan fingerprint density at radius 2 is 1.63 bits per heavy atom. The van der Waals surface area contributed by atoms with E-state index in [9.17, 15) is 19.5 Å². The maximum absolute atomic E-state index is 13.6. The number of rotatable bonds is 6. The predicted molar refractivity (Wildman–Crippen MR) is 126 cm³/mol. The molecule has 1 amide bonds. The van der Waals surface area contributed by atoms with Crippen LogP contribution in [0.1, 0.15) is 27.6 Å². The van der Waals surface area contributed by atoms with Crippen molar-refractivity contribution in [1.82, 2.24) is 4.40 Å². The first-order valence-corrected chi connectivity index (χ1v) is 10.3. The molecule has 35 heavy (non-hydrogen) atoms. The molecular weight excluding hydrogens is 479 g/mol. The van der Waals surface area contributed by atoms with Gasteiger partial charge in [0.15, 0.2) is 17.2 Å². The first kappa shape index (κ1) is 26.7. The number of hydrogen-bond acceptors (Lipinski definition) is 7. The van der Waals surface area contributed by atoms with E-state index in [2.05, 4.69) is 5.32 Å². The average Bonchev–Trinajstić information content (AvgIpc) is 3.19. The Balaban J connectivity index is 0.00000342. The van der Waals surface area contributed by atoms with E-state index in [1.165, 1.54) is 24.7 Å². The molecule has 0 unspecified atom stereocenters. The number of benzene rings is 2. The number of nitrogens with zero attached hydrogens (tertiary/aromatic N) is 2. The maximum Gasteiger partial charge on any atom is 1.00 e. The molecule has 10 heteroatoms. The minimum Gasteiger partial charge on any atom is -0.618 e. The van der Waals surface area contributed by atoms with E-state index < -0.39 is 23.2 Å². The van der Waals surface area contributed by atoms with Gasteiger partial charge in [0.1, 0.15) is 5.56 Å². The van der Waals surface area contributed by atoms with Gasteiger partial charge in [-0.15, -0.1) is 0 Å². The molecule has 0 aliphatic carbocycles. The van der Waals surface area contributed by atoms with Crippen LogP contribution in [0, 0.1) is 0 Å². The summed E-state index contributed by atoms with van der Waals surface area (Å²) in [4.78, 5) is 39.0. The second-order valence-corrected chi connectivity index (χ2v) is 7.23. The molecule has 2 aromatic carbocycles. The fourth-order valence-corrected chi connectivity index (χ4v) is 3.65. The SMILES string of the molecule is CCOC(=O)c1cc([N-]C(=O)c2ccccc2)c(=O)n2c(cc3cc(OC)c(OC)cc32)c1O.[K+]. The minimum atomic E-state index is -0.860. The van der Waals surface area contributed by atoms with Gasteiger partial charge in [-0.05, 0) is 24.6 Å². The van der Waals surface area contributed by atoms with Gasteiger partial charge in [0.05, 0.1) is 37.8 Å². The van der Waals surface area contributed by atoms with Gasteiger partial charge >= 0.3 is 57.4 Å². The number of esters is 1. The third-order valence-electron chi connectivity index (χ3n) is 5.25. The number of methoxy groups -OCH3 is 2. The second kappa shape index (κ2) is 11.2. The normalized spacial score (nSPS) is 10.5. The van der Waals surface area contributed by atoms with Crippen LogP contribution in [0.25, 0.3) is 21.7 Å². The van der Waals surface area contributed by atoms with Crippen LogP contribution in [-0.2, 0) is 4.74 Å². The summed E-state index contributed by atoms with van der Waals surface area (Å²) in [6, 6.07) is 14.0. The molecule has 1 N–H and O–H groups in total. The molecule has 0 saturated carbocycles. The molecule has 0 atom stereocenters. The van der Waals surface area contributed by atoms with E-state index in [1.54, 1.807) is 49.4 Å². The maximum atomic E-state index is 13.6. The van der Waals surface area contributed by atoms with Crippen molar-refractivity contribution in [2.24, 2.45) is 0 Å². The summed E-state index contributed by atoms with van der Waals surface area (Å²) in [6.07, 6.45) is 0. The van der Waals surface area contributed by atoms with Gasteiger partial charge in [0.25, 0.3) is 0 Å². The number of ether oxygens (including phenoxy) is 3. The summed E-state index contributed by atoms with van der Waals surface area (Å²) in [7, 11) is 2.92. The van der Waals surface area contributed by atoms with E-state index in [-0.39, 0.29) is 80.3 Å². The summed E-state index contributed by atoms with van der Waals surface area (Å²) in [6.45, 7) is 1.66. The van der Waals surface area contributed by atoms with E-state index in [0.717, 1.165) is 6.07 Å². The summed E-state index contributed by atoms with van der Waals surface area (Å²) in [5.74, 6) is -1.26. The molecule has 0 radical (unpaired) electrons. The Kier molecular flexibility index (Phi) is 8.57. The number of fused-ring (bicyclic) bond motifs is 3. The fourth-order valence-electron chi connectivity index (χ4n) is 3.65. The second-order valence-electron chi connectivity index (χ2n) is 7.23. The molecule has 2 aromatic heterocycles. The number of aromatic hydroxyl groups is 1. The Morgan fingerprint density at radius 1 is 0.971 bits per heavy atom. The van der Waals surface area contributed by atoms with Crippen LogP contribution in [0.3, 0.4) is 0 Å². The quantitative estimate of drug-likeness (QED) is 0.312. The topological polar surface area (TPSA) is 118 Å². The Labute approximate surface area is 243 Å². The Bertz CT molecular complexity index is 1480. The zero-order valence-electron chi connectivity index (χ0n) is 19.7. The smallest absolute Gasteiger partial charge is 0.618 e. The number of aromatic nitrogens is 1. The van der Waals surface area contributed by atoms with Crippen LogP contribution in [0.5, 0.6) is 17.2 Å². The molecule has 0 bridgehead atoms. The molecule has 9 nitrogen and oxygen atoms in total. The first-order valence-electron chi connectivity index (χ1n) is 10.3. The van der Waals surface area contributed by atoms with Crippen molar-refractivity contribution < 1.29 is 80.3 Å². The fraction of sp³-hybridized carbons (Fsp3) is 0.160. The molecule has 174 valence electrons. The van der Waals surface area contributed by atoms with Crippen LogP contribution < -0.4 is 66.4 Å². The van der Waals surface area contributed by atoms with Crippen molar-refractivity contribution in [2.75, 3.05) is 20.8 Å². The number of hydrogen-bond donors (Lipinski definition) is 1. The molecule has 0 aliphatic rings. The summed E-state index contributed by atoms with van der Waals surface area (Å²) in [5, 5.41) is 15.5. The number of amides is 1. The molecule has 0 aliphatic heterocycles. The van der Waals surface area contributed by atoms with Crippen molar-refractivity contribution in [2.45, 2.75) is 6.92 Å². The number of carbonyl (C=O) groups is 2.